The highest BCUT2D eigenvalue weighted by molar-refractivity contribution is 9.11. The van der Waals surface area contributed by atoms with Gasteiger partial charge in [-0.15, -0.1) is 0 Å². The highest BCUT2D eigenvalue weighted by Gasteiger charge is 2.21. The van der Waals surface area contributed by atoms with Crippen LogP contribution < -0.4 is 0 Å². The maximum absolute atomic E-state index is 10.9. The van der Waals surface area contributed by atoms with Gasteiger partial charge in [-0.2, -0.15) is 0 Å². The molecular formula is C28H22Br4O7. The van der Waals surface area contributed by atoms with Gasteiger partial charge in [0.15, 0.2) is 23.0 Å². The third-order valence-electron chi connectivity index (χ3n) is 6.38. The Labute approximate surface area is 257 Å². The fourth-order valence-electron chi connectivity index (χ4n) is 4.36. The van der Waals surface area contributed by atoms with E-state index >= 15 is 0 Å². The highest BCUT2D eigenvalue weighted by atomic mass is 79.9. The minimum absolute atomic E-state index is 0.0222. The number of aliphatic hydroxyl groups is 1. The molecule has 204 valence electrons. The predicted octanol–water partition coefficient (Wildman–Crippen LogP) is 7.23. The zero-order valence-electron chi connectivity index (χ0n) is 20.0. The van der Waals surface area contributed by atoms with E-state index in [-0.39, 0.29) is 69.3 Å². The molecule has 0 amide bonds. The number of rotatable bonds is 7. The first-order chi connectivity index (χ1) is 18.4. The molecule has 39 heavy (non-hydrogen) atoms. The summed E-state index contributed by atoms with van der Waals surface area (Å²) >= 11 is 13.1. The van der Waals surface area contributed by atoms with Gasteiger partial charge in [0.25, 0.3) is 0 Å². The lowest BCUT2D eigenvalue weighted by Crippen LogP contribution is -2.02. The number of benzene rings is 4. The summed E-state index contributed by atoms with van der Waals surface area (Å²) in [6.45, 7) is -0.356. The molecule has 0 atom stereocenters. The van der Waals surface area contributed by atoms with Crippen LogP contribution in [-0.2, 0) is 25.9 Å². The van der Waals surface area contributed by atoms with Crippen LogP contribution in [0, 0.1) is 0 Å². The maximum Gasteiger partial charge on any atom is 0.172 e. The number of phenolic OH excluding ortho intramolecular Hbond substituents is 6. The van der Waals surface area contributed by atoms with Crippen molar-refractivity contribution in [3.63, 3.8) is 0 Å². The van der Waals surface area contributed by atoms with Crippen molar-refractivity contribution in [2.24, 2.45) is 0 Å². The van der Waals surface area contributed by atoms with Gasteiger partial charge in [0, 0.05) is 30.4 Å². The molecule has 4 aromatic carbocycles. The second-order valence-electron chi connectivity index (χ2n) is 8.95. The van der Waals surface area contributed by atoms with Gasteiger partial charge in [-0.05, 0) is 122 Å². The summed E-state index contributed by atoms with van der Waals surface area (Å²) in [6.07, 6.45) is 0.547. The largest absolute Gasteiger partial charge is 0.507 e. The van der Waals surface area contributed by atoms with E-state index in [4.69, 9.17) is 0 Å². The Kier molecular flexibility index (Phi) is 9.07. The molecule has 4 aromatic rings. The van der Waals surface area contributed by atoms with Gasteiger partial charge in [0.1, 0.15) is 11.5 Å². The second kappa shape index (κ2) is 12.0. The Balaban J connectivity index is 1.77. The van der Waals surface area contributed by atoms with Gasteiger partial charge < -0.3 is 35.7 Å². The Morgan fingerprint density at radius 3 is 1.56 bits per heavy atom. The number of aliphatic hydroxyl groups excluding tert-OH is 1. The third-order valence-corrected chi connectivity index (χ3v) is 8.83. The Morgan fingerprint density at radius 1 is 0.462 bits per heavy atom. The van der Waals surface area contributed by atoms with E-state index < -0.39 is 0 Å². The first-order valence-corrected chi connectivity index (χ1v) is 14.6. The number of aromatic hydroxyl groups is 6. The zero-order chi connectivity index (χ0) is 28.6. The van der Waals surface area contributed by atoms with Gasteiger partial charge in [-0.25, -0.2) is 0 Å². The summed E-state index contributed by atoms with van der Waals surface area (Å²) < 4.78 is 1.42. The quantitative estimate of drug-likeness (QED) is 0.0981. The first-order valence-electron chi connectivity index (χ1n) is 11.4. The molecule has 0 saturated carbocycles. The summed E-state index contributed by atoms with van der Waals surface area (Å²) in [7, 11) is 0. The van der Waals surface area contributed by atoms with Crippen LogP contribution in [0.25, 0.3) is 0 Å². The summed E-state index contributed by atoms with van der Waals surface area (Å²) in [5, 5.41) is 72.5. The summed E-state index contributed by atoms with van der Waals surface area (Å²) in [5.74, 6) is -1.26. The van der Waals surface area contributed by atoms with Crippen molar-refractivity contribution in [1.29, 1.82) is 0 Å². The molecule has 0 aliphatic rings. The minimum atomic E-state index is -0.356. The van der Waals surface area contributed by atoms with Crippen LogP contribution in [-0.4, -0.2) is 35.7 Å². The second-order valence-corrected chi connectivity index (χ2v) is 12.4. The van der Waals surface area contributed by atoms with Crippen molar-refractivity contribution in [1.82, 2.24) is 0 Å². The summed E-state index contributed by atoms with van der Waals surface area (Å²) in [5.41, 5.74) is 3.76. The number of hydrogen-bond acceptors (Lipinski definition) is 7. The predicted molar refractivity (Wildman–Crippen MR) is 161 cm³/mol. The van der Waals surface area contributed by atoms with E-state index in [0.717, 1.165) is 5.56 Å². The summed E-state index contributed by atoms with van der Waals surface area (Å²) in [4.78, 5) is 0. The Hall–Kier alpha value is -2.44. The molecule has 0 aromatic heterocycles. The lowest BCUT2D eigenvalue weighted by molar-refractivity contribution is 0.279. The van der Waals surface area contributed by atoms with Gasteiger partial charge >= 0.3 is 0 Å². The normalized spacial score (nSPS) is 11.2. The number of halogens is 4. The van der Waals surface area contributed by atoms with Crippen molar-refractivity contribution in [3.8, 4) is 34.5 Å². The van der Waals surface area contributed by atoms with Gasteiger partial charge in [-0.3, -0.25) is 0 Å². The molecule has 0 aliphatic heterocycles. The molecule has 0 heterocycles. The van der Waals surface area contributed by atoms with Crippen LogP contribution in [0.5, 0.6) is 34.5 Å². The average Bonchev–Trinajstić information content (AvgIpc) is 2.90. The van der Waals surface area contributed by atoms with E-state index in [2.05, 4.69) is 63.7 Å². The molecule has 0 aliphatic carbocycles. The molecule has 7 nitrogen and oxygen atoms in total. The van der Waals surface area contributed by atoms with Crippen LogP contribution >= 0.6 is 63.7 Å². The number of phenols is 6. The van der Waals surface area contributed by atoms with E-state index in [1.54, 1.807) is 30.3 Å². The summed E-state index contributed by atoms with van der Waals surface area (Å²) in [6, 6.07) is 11.6. The minimum Gasteiger partial charge on any atom is -0.507 e. The van der Waals surface area contributed by atoms with Crippen LogP contribution in [0.15, 0.2) is 60.4 Å². The van der Waals surface area contributed by atoms with E-state index in [0.29, 0.717) is 42.3 Å². The average molecular weight is 790 g/mol. The SMILES string of the molecule is OCc1cc(Br)c(O)c(O)c1Cc1cc(Br)c(O)c(Cc2cc(Br)c(O)c(O)c2Cc2ccc(O)c(Br)c2)c1. The topological polar surface area (TPSA) is 142 Å². The standard InChI is InChI=1S/C28H22Br4O7/c29-19-6-12(1-2-23(19)34)4-17-14(9-21(31)27(38)25(17)36)8-15-3-13(7-20(30)24(15)35)5-18-16(11-33)10-22(32)28(39)26(18)37/h1-3,6-7,9-10,33-39H,4-5,8,11H2. The highest BCUT2D eigenvalue weighted by Crippen LogP contribution is 2.43. The van der Waals surface area contributed by atoms with Crippen molar-refractivity contribution < 1.29 is 35.7 Å². The lowest BCUT2D eigenvalue weighted by atomic mass is 9.92. The molecule has 0 saturated heterocycles. The monoisotopic (exact) mass is 786 g/mol. The Morgan fingerprint density at radius 2 is 0.974 bits per heavy atom. The van der Waals surface area contributed by atoms with Gasteiger partial charge in [0.2, 0.25) is 0 Å². The molecular weight excluding hydrogens is 768 g/mol. The smallest absolute Gasteiger partial charge is 0.172 e. The molecule has 0 fully saturated rings. The van der Waals surface area contributed by atoms with E-state index in [1.807, 2.05) is 0 Å². The molecule has 7 N–H and O–H groups in total. The Bertz CT molecular complexity index is 1590. The lowest BCUT2D eigenvalue weighted by Gasteiger charge is -2.17. The van der Waals surface area contributed by atoms with Crippen molar-refractivity contribution in [2.45, 2.75) is 25.9 Å². The van der Waals surface area contributed by atoms with Crippen molar-refractivity contribution >= 4 is 63.7 Å². The molecule has 0 spiro atoms. The van der Waals surface area contributed by atoms with E-state index in [9.17, 15) is 35.7 Å². The van der Waals surface area contributed by atoms with Crippen LogP contribution in [0.2, 0.25) is 0 Å². The molecule has 4 rings (SSSR count). The van der Waals surface area contributed by atoms with Gasteiger partial charge in [-0.1, -0.05) is 12.1 Å². The van der Waals surface area contributed by atoms with Gasteiger partial charge in [0.05, 0.1) is 24.5 Å². The van der Waals surface area contributed by atoms with Crippen LogP contribution in [0.3, 0.4) is 0 Å². The molecule has 0 unspecified atom stereocenters. The van der Waals surface area contributed by atoms with Crippen LogP contribution in [0.1, 0.15) is 38.9 Å². The molecule has 0 bridgehead atoms. The van der Waals surface area contributed by atoms with Crippen molar-refractivity contribution in [3.05, 3.63) is 99.3 Å². The maximum atomic E-state index is 10.9. The molecule has 11 heteroatoms. The number of hydrogen-bond donors (Lipinski definition) is 7. The van der Waals surface area contributed by atoms with Crippen molar-refractivity contribution in [2.75, 3.05) is 0 Å². The first kappa shape index (κ1) is 29.5. The third kappa shape index (κ3) is 6.17. The van der Waals surface area contributed by atoms with E-state index in [1.165, 1.54) is 12.1 Å². The fraction of sp³-hybridized carbons (Fsp3) is 0.143. The fourth-order valence-corrected chi connectivity index (χ4v) is 6.26. The molecule has 0 radical (unpaired) electrons. The zero-order valence-corrected chi connectivity index (χ0v) is 26.4. The van der Waals surface area contributed by atoms with Crippen LogP contribution in [0.4, 0.5) is 0 Å².